The van der Waals surface area contributed by atoms with Gasteiger partial charge in [0.2, 0.25) is 0 Å². The maximum absolute atomic E-state index is 11.0. The number of pyridine rings is 1. The van der Waals surface area contributed by atoms with Crippen molar-refractivity contribution in [2.75, 3.05) is 0 Å². The summed E-state index contributed by atoms with van der Waals surface area (Å²) in [5.41, 5.74) is 1.69. The molecule has 0 aliphatic rings. The third-order valence-electron chi connectivity index (χ3n) is 2.44. The number of carboxylic acids is 1. The number of carboxylic acid groups (broad SMARTS) is 1. The molecule has 0 unspecified atom stereocenters. The van der Waals surface area contributed by atoms with Crippen LogP contribution in [0.15, 0.2) is 30.9 Å². The number of carbonyl (C=O) groups is 1. The van der Waals surface area contributed by atoms with Crippen molar-refractivity contribution >= 4 is 22.5 Å². The van der Waals surface area contributed by atoms with Gasteiger partial charge in [-0.1, -0.05) is 0 Å². The second-order valence-corrected chi connectivity index (χ2v) is 3.27. The Hall–Kier alpha value is -2.30. The maximum atomic E-state index is 11.0. The van der Waals surface area contributed by atoms with Crippen molar-refractivity contribution in [3.8, 4) is 0 Å². The minimum absolute atomic E-state index is 0.252. The van der Waals surface area contributed by atoms with E-state index in [1.807, 2.05) is 12.3 Å². The number of nitrogens with zero attached hydrogens (tertiary/aromatic N) is 2. The van der Waals surface area contributed by atoms with Crippen molar-refractivity contribution in [1.29, 1.82) is 0 Å². The van der Waals surface area contributed by atoms with Crippen LogP contribution in [0.2, 0.25) is 0 Å². The zero-order valence-electron chi connectivity index (χ0n) is 7.64. The second kappa shape index (κ2) is 2.60. The lowest BCUT2D eigenvalue weighted by molar-refractivity contribution is 0.0699. The van der Waals surface area contributed by atoms with Gasteiger partial charge in [0.25, 0.3) is 0 Å². The third kappa shape index (κ3) is 0.969. The van der Waals surface area contributed by atoms with Crippen LogP contribution in [-0.2, 0) is 0 Å². The molecule has 2 N–H and O–H groups in total. The Bertz CT molecular complexity index is 665. The number of hydrogen-bond acceptors (Lipinski definition) is 2. The Balaban J connectivity index is 2.57. The second-order valence-electron chi connectivity index (χ2n) is 3.27. The van der Waals surface area contributed by atoms with Crippen LogP contribution < -0.4 is 0 Å². The maximum Gasteiger partial charge on any atom is 0.338 e. The highest BCUT2D eigenvalue weighted by Gasteiger charge is 2.13. The first-order valence-corrected chi connectivity index (χ1v) is 4.43. The average Bonchev–Trinajstić information content (AvgIpc) is 2.82. The summed E-state index contributed by atoms with van der Waals surface area (Å²) in [5, 5.41) is 9.66. The highest BCUT2D eigenvalue weighted by atomic mass is 16.4. The van der Waals surface area contributed by atoms with Crippen LogP contribution >= 0.6 is 0 Å². The standard InChI is InChI=1S/C10H7N3O2/c14-10(15)6-5-12-7-1-3-13-4-2-11-9(13)8(6)7/h1-5,12H,(H,14,15). The minimum atomic E-state index is -0.947. The van der Waals surface area contributed by atoms with Crippen molar-refractivity contribution in [3.05, 3.63) is 36.4 Å². The van der Waals surface area contributed by atoms with E-state index in [0.29, 0.717) is 11.0 Å². The predicted molar refractivity (Wildman–Crippen MR) is 54.0 cm³/mol. The first-order valence-electron chi connectivity index (χ1n) is 4.43. The van der Waals surface area contributed by atoms with Gasteiger partial charge in [0.1, 0.15) is 5.65 Å². The summed E-state index contributed by atoms with van der Waals surface area (Å²) in [6, 6.07) is 1.83. The number of rotatable bonds is 1. The summed E-state index contributed by atoms with van der Waals surface area (Å²) in [7, 11) is 0. The lowest BCUT2D eigenvalue weighted by atomic mass is 10.2. The summed E-state index contributed by atoms with van der Waals surface area (Å²) in [6.45, 7) is 0. The number of aromatic amines is 1. The van der Waals surface area contributed by atoms with Gasteiger partial charge in [-0.3, -0.25) is 0 Å². The van der Waals surface area contributed by atoms with E-state index < -0.39 is 5.97 Å². The van der Waals surface area contributed by atoms with Crippen LogP contribution in [-0.4, -0.2) is 25.4 Å². The largest absolute Gasteiger partial charge is 0.478 e. The van der Waals surface area contributed by atoms with Gasteiger partial charge in [0.05, 0.1) is 16.5 Å². The molecule has 3 aromatic rings. The molecule has 0 saturated carbocycles. The fourth-order valence-corrected chi connectivity index (χ4v) is 1.76. The zero-order valence-corrected chi connectivity index (χ0v) is 7.64. The number of nitrogens with one attached hydrogen (secondary N) is 1. The molecular weight excluding hydrogens is 194 g/mol. The highest BCUT2D eigenvalue weighted by Crippen LogP contribution is 2.22. The lowest BCUT2D eigenvalue weighted by Gasteiger charge is -1.96. The summed E-state index contributed by atoms with van der Waals surface area (Å²) in [4.78, 5) is 18.0. The normalized spacial score (nSPS) is 11.2. The fraction of sp³-hybridized carbons (Fsp3) is 0. The van der Waals surface area contributed by atoms with Crippen molar-refractivity contribution < 1.29 is 9.90 Å². The summed E-state index contributed by atoms with van der Waals surface area (Å²) in [5.74, 6) is -0.947. The van der Waals surface area contributed by atoms with E-state index in [9.17, 15) is 4.79 Å². The minimum Gasteiger partial charge on any atom is -0.478 e. The predicted octanol–water partition coefficient (Wildman–Crippen LogP) is 1.51. The van der Waals surface area contributed by atoms with Crippen LogP contribution in [0.1, 0.15) is 10.4 Å². The monoisotopic (exact) mass is 201 g/mol. The van der Waals surface area contributed by atoms with Crippen LogP contribution in [0.25, 0.3) is 16.6 Å². The molecule has 0 radical (unpaired) electrons. The van der Waals surface area contributed by atoms with E-state index in [1.165, 1.54) is 6.20 Å². The molecule has 5 nitrogen and oxygen atoms in total. The van der Waals surface area contributed by atoms with E-state index in [2.05, 4.69) is 9.97 Å². The van der Waals surface area contributed by atoms with Gasteiger partial charge < -0.3 is 14.5 Å². The molecule has 15 heavy (non-hydrogen) atoms. The molecule has 3 rings (SSSR count). The highest BCUT2D eigenvalue weighted by molar-refractivity contribution is 6.08. The molecule has 0 aromatic carbocycles. The van der Waals surface area contributed by atoms with Gasteiger partial charge in [-0.15, -0.1) is 0 Å². The number of hydrogen-bond donors (Lipinski definition) is 2. The van der Waals surface area contributed by atoms with E-state index >= 15 is 0 Å². The summed E-state index contributed by atoms with van der Waals surface area (Å²) >= 11 is 0. The van der Waals surface area contributed by atoms with Crippen LogP contribution in [0, 0.1) is 0 Å². The molecule has 0 saturated heterocycles. The molecule has 74 valence electrons. The molecule has 3 aromatic heterocycles. The van der Waals surface area contributed by atoms with Crippen molar-refractivity contribution in [2.24, 2.45) is 0 Å². The molecule has 0 fully saturated rings. The summed E-state index contributed by atoms with van der Waals surface area (Å²) < 4.78 is 1.79. The van der Waals surface area contributed by atoms with Gasteiger partial charge in [-0.2, -0.15) is 0 Å². The number of imidazole rings is 1. The smallest absolute Gasteiger partial charge is 0.338 e. The molecule has 3 heterocycles. The number of aromatic carboxylic acids is 1. The Morgan fingerprint density at radius 1 is 1.47 bits per heavy atom. The number of fused-ring (bicyclic) bond motifs is 3. The zero-order chi connectivity index (χ0) is 10.4. The number of aromatic nitrogens is 3. The van der Waals surface area contributed by atoms with E-state index in [1.54, 1.807) is 16.8 Å². The molecule has 0 aliphatic heterocycles. The SMILES string of the molecule is O=C(O)c1c[nH]c2ccn3ccnc3c12. The van der Waals surface area contributed by atoms with Crippen LogP contribution in [0.5, 0.6) is 0 Å². The van der Waals surface area contributed by atoms with Crippen molar-refractivity contribution in [2.45, 2.75) is 0 Å². The van der Waals surface area contributed by atoms with Crippen LogP contribution in [0.4, 0.5) is 0 Å². The Labute approximate surface area is 84.0 Å². The van der Waals surface area contributed by atoms with Gasteiger partial charge in [-0.25, -0.2) is 9.78 Å². The van der Waals surface area contributed by atoms with Gasteiger partial charge in [0.15, 0.2) is 0 Å². The quantitative estimate of drug-likeness (QED) is 0.627. The Morgan fingerprint density at radius 2 is 2.33 bits per heavy atom. The van der Waals surface area contributed by atoms with Crippen LogP contribution in [0.3, 0.4) is 0 Å². The molecule has 0 atom stereocenters. The third-order valence-corrected chi connectivity index (χ3v) is 2.44. The first kappa shape index (κ1) is 8.05. The first-order chi connectivity index (χ1) is 7.27. The molecular formula is C10H7N3O2. The number of H-pyrrole nitrogens is 1. The van der Waals surface area contributed by atoms with Crippen molar-refractivity contribution in [3.63, 3.8) is 0 Å². The van der Waals surface area contributed by atoms with E-state index in [-0.39, 0.29) is 5.56 Å². The topological polar surface area (TPSA) is 70.4 Å². The van der Waals surface area contributed by atoms with E-state index in [4.69, 9.17) is 5.11 Å². The average molecular weight is 201 g/mol. The van der Waals surface area contributed by atoms with Gasteiger partial charge >= 0.3 is 5.97 Å². The Morgan fingerprint density at radius 3 is 3.13 bits per heavy atom. The van der Waals surface area contributed by atoms with Gasteiger partial charge in [0, 0.05) is 24.8 Å². The molecule has 0 aliphatic carbocycles. The van der Waals surface area contributed by atoms with Crippen molar-refractivity contribution in [1.82, 2.24) is 14.4 Å². The summed E-state index contributed by atoms with van der Waals surface area (Å²) in [6.07, 6.45) is 6.76. The fourth-order valence-electron chi connectivity index (χ4n) is 1.76. The molecule has 5 heteroatoms. The molecule has 0 bridgehead atoms. The van der Waals surface area contributed by atoms with Gasteiger partial charge in [-0.05, 0) is 6.07 Å². The van der Waals surface area contributed by atoms with E-state index in [0.717, 1.165) is 5.52 Å². The molecule has 0 amide bonds. The Kier molecular flexibility index (Phi) is 1.39. The molecule has 0 spiro atoms. The lowest BCUT2D eigenvalue weighted by Crippen LogP contribution is -1.95.